The highest BCUT2D eigenvalue weighted by Crippen LogP contribution is 2.48. The molecule has 0 spiro atoms. The number of pyridine rings is 1. The van der Waals surface area contributed by atoms with Crippen molar-refractivity contribution in [3.63, 3.8) is 0 Å². The number of furan rings is 1. The lowest BCUT2D eigenvalue weighted by Crippen LogP contribution is -2.31. The van der Waals surface area contributed by atoms with E-state index in [1.807, 2.05) is 6.07 Å². The Morgan fingerprint density at radius 3 is 2.29 bits per heavy atom. The number of nitrogens with zero attached hydrogens (tertiary/aromatic N) is 2. The first-order valence-electron chi connectivity index (χ1n) is 17.1. The Hall–Kier alpha value is -3.90. The van der Waals surface area contributed by atoms with Gasteiger partial charge in [0.15, 0.2) is 6.20 Å². The Bertz CT molecular complexity index is 1960. The van der Waals surface area contributed by atoms with Gasteiger partial charge in [-0.05, 0) is 103 Å². The summed E-state index contributed by atoms with van der Waals surface area (Å²) in [7, 11) is 2.11. The lowest BCUT2D eigenvalue weighted by Gasteiger charge is -2.40. The fourth-order valence-corrected chi connectivity index (χ4v) is 8.73. The first kappa shape index (κ1) is 29.8. The van der Waals surface area contributed by atoms with Crippen LogP contribution in [0.2, 0.25) is 0 Å². The second kappa shape index (κ2) is 11.5. The second-order valence-electron chi connectivity index (χ2n) is 15.4. The summed E-state index contributed by atoms with van der Waals surface area (Å²) in [5, 5.41) is 12.4. The number of nitriles is 1. The van der Waals surface area contributed by atoms with Crippen molar-refractivity contribution in [3.8, 4) is 28.5 Å². The van der Waals surface area contributed by atoms with Crippen LogP contribution in [0.4, 0.5) is 0 Å². The topological polar surface area (TPSA) is 40.8 Å². The van der Waals surface area contributed by atoms with Gasteiger partial charge in [0.05, 0.1) is 17.2 Å². The largest absolute Gasteiger partial charge is 0.454 e. The molecule has 3 heteroatoms. The summed E-state index contributed by atoms with van der Waals surface area (Å²) < 4.78 is 9.12. The molecule has 2 aliphatic rings. The van der Waals surface area contributed by atoms with E-state index in [1.165, 1.54) is 67.2 Å². The summed E-state index contributed by atoms with van der Waals surface area (Å²) in [4.78, 5) is 0. The molecule has 230 valence electrons. The summed E-state index contributed by atoms with van der Waals surface area (Å²) in [6, 6.07) is 22.4. The fraction of sp³-hybridized carbons (Fsp3) is 0.429. The van der Waals surface area contributed by atoms with Gasteiger partial charge in [-0.2, -0.15) is 5.26 Å². The van der Waals surface area contributed by atoms with Crippen molar-refractivity contribution in [2.45, 2.75) is 91.9 Å². The number of rotatable bonds is 4. The minimum atomic E-state index is 0.198. The molecule has 0 radical (unpaired) electrons. The van der Waals surface area contributed by atoms with Gasteiger partial charge >= 0.3 is 0 Å². The van der Waals surface area contributed by atoms with E-state index >= 15 is 0 Å². The molecule has 2 aromatic heterocycles. The molecule has 3 nitrogen and oxygen atoms in total. The van der Waals surface area contributed by atoms with Crippen LogP contribution in [0.3, 0.4) is 0 Å². The number of fused-ring (bicyclic) bond motifs is 4. The van der Waals surface area contributed by atoms with E-state index in [4.69, 9.17) is 4.42 Å². The average molecular weight is 596 g/mol. The third-order valence-electron chi connectivity index (χ3n) is 10.9. The van der Waals surface area contributed by atoms with Crippen LogP contribution in [0.5, 0.6) is 0 Å². The van der Waals surface area contributed by atoms with Gasteiger partial charge in [0.1, 0.15) is 18.2 Å². The zero-order valence-corrected chi connectivity index (χ0v) is 28.0. The molecule has 2 fully saturated rings. The van der Waals surface area contributed by atoms with E-state index in [0.717, 1.165) is 62.6 Å². The van der Waals surface area contributed by atoms with E-state index in [1.54, 1.807) is 0 Å². The first-order valence-corrected chi connectivity index (χ1v) is 17.1. The third-order valence-corrected chi connectivity index (χ3v) is 10.9. The maximum Gasteiger partial charge on any atom is 0.216 e. The lowest BCUT2D eigenvalue weighted by atomic mass is 9.66. The zero-order valence-electron chi connectivity index (χ0n) is 28.0. The van der Waals surface area contributed by atoms with Crippen molar-refractivity contribution in [1.29, 1.82) is 5.26 Å². The van der Waals surface area contributed by atoms with Crippen molar-refractivity contribution in [3.05, 3.63) is 88.6 Å². The molecule has 0 bridgehead atoms. The van der Waals surface area contributed by atoms with Crippen molar-refractivity contribution < 1.29 is 8.98 Å². The van der Waals surface area contributed by atoms with Crippen molar-refractivity contribution >= 4 is 21.9 Å². The number of benzene rings is 3. The van der Waals surface area contributed by atoms with Gasteiger partial charge in [0.25, 0.3) is 0 Å². The summed E-state index contributed by atoms with van der Waals surface area (Å²) >= 11 is 0. The molecular formula is C42H47N2O+. The Kier molecular flexibility index (Phi) is 7.60. The van der Waals surface area contributed by atoms with Gasteiger partial charge < -0.3 is 4.42 Å². The fourth-order valence-electron chi connectivity index (χ4n) is 8.73. The number of aryl methyl sites for hydroxylation is 3. The highest BCUT2D eigenvalue weighted by Gasteiger charge is 2.33. The SMILES string of the molecule is Cc1cc(-c2c(C#N)ccc3c2oc2c(-c4cc(CC(C)(C)C)cc[n+]4C)c(C)ccc23)ccc1C1CCC2CCCCC2C1. The van der Waals surface area contributed by atoms with Crippen molar-refractivity contribution in [2.75, 3.05) is 0 Å². The standard InChI is InChI=1S/C42H47N2O/c1-26-11-16-35-36-18-15-33(25-43)39(32-14-17-34(27(2)21-32)31-13-12-29-9-7-8-10-30(29)23-31)41(36)45-40(35)38(26)37-22-28(19-20-44(37)6)24-42(3,4)5/h11,14-22,29-31H,7-10,12-13,23-24H2,1-6H3/q+1. The first-order chi connectivity index (χ1) is 21.6. The molecule has 7 rings (SSSR count). The van der Waals surface area contributed by atoms with E-state index in [9.17, 15) is 5.26 Å². The van der Waals surface area contributed by atoms with E-state index in [-0.39, 0.29) is 5.41 Å². The second-order valence-corrected chi connectivity index (χ2v) is 15.4. The molecule has 0 aliphatic heterocycles. The Labute approximate surface area is 268 Å². The summed E-state index contributed by atoms with van der Waals surface area (Å²) in [5.41, 5.74) is 12.1. The van der Waals surface area contributed by atoms with Crippen molar-refractivity contribution in [2.24, 2.45) is 24.3 Å². The summed E-state index contributed by atoms with van der Waals surface area (Å²) in [6.45, 7) is 11.3. The highest BCUT2D eigenvalue weighted by molar-refractivity contribution is 6.14. The minimum Gasteiger partial charge on any atom is -0.454 e. The maximum absolute atomic E-state index is 10.3. The van der Waals surface area contributed by atoms with Gasteiger partial charge in [-0.25, -0.2) is 4.57 Å². The van der Waals surface area contributed by atoms with Crippen LogP contribution < -0.4 is 4.57 Å². The monoisotopic (exact) mass is 595 g/mol. The highest BCUT2D eigenvalue weighted by atomic mass is 16.3. The smallest absolute Gasteiger partial charge is 0.216 e. The van der Waals surface area contributed by atoms with Gasteiger partial charge in [0, 0.05) is 28.5 Å². The molecule has 3 unspecified atom stereocenters. The Morgan fingerprint density at radius 1 is 0.822 bits per heavy atom. The average Bonchev–Trinajstić information content (AvgIpc) is 3.39. The maximum atomic E-state index is 10.3. The van der Waals surface area contributed by atoms with Gasteiger partial charge in [-0.3, -0.25) is 0 Å². The van der Waals surface area contributed by atoms with Gasteiger partial charge in [-0.1, -0.05) is 76.8 Å². The Morgan fingerprint density at radius 2 is 1.56 bits per heavy atom. The van der Waals surface area contributed by atoms with E-state index in [0.29, 0.717) is 11.5 Å². The molecule has 2 heterocycles. The van der Waals surface area contributed by atoms with Crippen molar-refractivity contribution in [1.82, 2.24) is 0 Å². The zero-order chi connectivity index (χ0) is 31.5. The molecular weight excluding hydrogens is 548 g/mol. The summed E-state index contributed by atoms with van der Waals surface area (Å²) in [6.07, 6.45) is 12.9. The van der Waals surface area contributed by atoms with E-state index in [2.05, 4.69) is 107 Å². The predicted molar refractivity (Wildman–Crippen MR) is 185 cm³/mol. The molecule has 2 saturated carbocycles. The molecule has 0 N–H and O–H groups in total. The lowest BCUT2D eigenvalue weighted by molar-refractivity contribution is -0.660. The van der Waals surface area contributed by atoms with Crippen LogP contribution in [0, 0.1) is 42.4 Å². The number of aromatic nitrogens is 1. The van der Waals surface area contributed by atoms with Crippen LogP contribution in [-0.4, -0.2) is 0 Å². The van der Waals surface area contributed by atoms with Gasteiger partial charge in [-0.15, -0.1) is 0 Å². The number of hydrogen-bond donors (Lipinski definition) is 0. The van der Waals surface area contributed by atoms with Crippen LogP contribution in [0.25, 0.3) is 44.3 Å². The van der Waals surface area contributed by atoms with E-state index < -0.39 is 0 Å². The molecule has 0 saturated heterocycles. The van der Waals surface area contributed by atoms with Crippen LogP contribution in [0.1, 0.15) is 99.5 Å². The predicted octanol–water partition coefficient (Wildman–Crippen LogP) is 10.9. The van der Waals surface area contributed by atoms with Crippen LogP contribution in [0.15, 0.2) is 65.2 Å². The molecule has 0 amide bonds. The number of hydrogen-bond acceptors (Lipinski definition) is 2. The minimum absolute atomic E-state index is 0.198. The Balaban J connectivity index is 1.35. The normalized spacial score (nSPS) is 20.3. The molecule has 5 aromatic rings. The molecule has 3 atom stereocenters. The summed E-state index contributed by atoms with van der Waals surface area (Å²) in [5.74, 6) is 2.51. The molecule has 45 heavy (non-hydrogen) atoms. The van der Waals surface area contributed by atoms with Crippen LogP contribution in [-0.2, 0) is 13.5 Å². The third kappa shape index (κ3) is 5.48. The molecule has 2 aliphatic carbocycles. The van der Waals surface area contributed by atoms with Gasteiger partial charge in [0.2, 0.25) is 5.69 Å². The molecule has 3 aromatic carbocycles. The van der Waals surface area contributed by atoms with Crippen LogP contribution >= 0.6 is 0 Å². The quantitative estimate of drug-likeness (QED) is 0.194.